The van der Waals surface area contributed by atoms with Crippen molar-refractivity contribution in [2.24, 2.45) is 0 Å². The van der Waals surface area contributed by atoms with Crippen LogP contribution in [-0.2, 0) is 4.74 Å². The van der Waals surface area contributed by atoms with Crippen LogP contribution >= 0.6 is 0 Å². The Bertz CT molecular complexity index is 697. The molecule has 3 atom stereocenters. The highest BCUT2D eigenvalue weighted by atomic mass is 16.5. The Kier molecular flexibility index (Phi) is 4.08. The molecule has 24 heavy (non-hydrogen) atoms. The topological polar surface area (TPSA) is 77.4 Å². The molecule has 124 valence electrons. The van der Waals surface area contributed by atoms with Crippen LogP contribution in [0.25, 0.3) is 0 Å². The molecule has 0 spiro atoms. The first-order chi connectivity index (χ1) is 11.8. The first-order valence-electron chi connectivity index (χ1n) is 8.10. The van der Waals surface area contributed by atoms with Crippen molar-refractivity contribution < 1.29 is 14.3 Å². The summed E-state index contributed by atoms with van der Waals surface area (Å²) in [5, 5.41) is 7.52. The molecule has 0 aromatic carbocycles. The number of morpholine rings is 1. The molecule has 7 nitrogen and oxygen atoms in total. The number of rotatable bonds is 3. The number of fused-ring (bicyclic) bond motifs is 1. The van der Waals surface area contributed by atoms with E-state index in [1.165, 1.54) is 12.4 Å². The van der Waals surface area contributed by atoms with Crippen LogP contribution in [0.15, 0.2) is 42.9 Å². The number of ether oxygens (including phenoxy) is 2. The fraction of sp³-hybridized carbons (Fsp3) is 0.412. The zero-order valence-corrected chi connectivity index (χ0v) is 13.1. The second-order valence-corrected chi connectivity index (χ2v) is 5.93. The highest BCUT2D eigenvalue weighted by molar-refractivity contribution is 5.94. The fourth-order valence-electron chi connectivity index (χ4n) is 3.45. The predicted octanol–water partition coefficient (Wildman–Crippen LogP) is 1.32. The lowest BCUT2D eigenvalue weighted by molar-refractivity contribution is -0.0793. The minimum atomic E-state index is -0.125. The first kappa shape index (κ1) is 15.0. The zero-order chi connectivity index (χ0) is 16.4. The van der Waals surface area contributed by atoms with Crippen LogP contribution in [-0.4, -0.2) is 57.4 Å². The number of carbonyl (C=O) groups excluding carboxylic acids is 1. The molecule has 1 saturated heterocycles. The second kappa shape index (κ2) is 6.52. The lowest BCUT2D eigenvalue weighted by atomic mass is 10.1. The van der Waals surface area contributed by atoms with E-state index in [1.807, 2.05) is 23.1 Å². The average molecular weight is 326 g/mol. The van der Waals surface area contributed by atoms with Crippen molar-refractivity contribution in [1.82, 2.24) is 20.1 Å². The summed E-state index contributed by atoms with van der Waals surface area (Å²) >= 11 is 0. The van der Waals surface area contributed by atoms with Crippen molar-refractivity contribution in [3.8, 4) is 5.88 Å². The van der Waals surface area contributed by atoms with Crippen molar-refractivity contribution in [3.05, 3.63) is 48.4 Å². The van der Waals surface area contributed by atoms with Crippen LogP contribution in [0, 0.1) is 0 Å². The lowest BCUT2D eigenvalue weighted by Crippen LogP contribution is -2.54. The van der Waals surface area contributed by atoms with Crippen LogP contribution in [0.1, 0.15) is 23.2 Å². The van der Waals surface area contributed by atoms with Crippen molar-refractivity contribution in [3.63, 3.8) is 0 Å². The number of hydrogen-bond donors (Lipinski definition) is 0. The molecular formula is C17H18N4O3. The molecule has 0 bridgehead atoms. The highest BCUT2D eigenvalue weighted by Crippen LogP contribution is 2.33. The maximum Gasteiger partial charge on any atom is 0.255 e. The molecule has 7 heteroatoms. The van der Waals surface area contributed by atoms with Gasteiger partial charge in [-0.05, 0) is 25.0 Å². The van der Waals surface area contributed by atoms with Crippen molar-refractivity contribution in [2.75, 3.05) is 13.2 Å². The Morgan fingerprint density at radius 2 is 2.17 bits per heavy atom. The lowest BCUT2D eigenvalue weighted by Gasteiger charge is -2.38. The normalized spacial score (nSPS) is 26.0. The molecule has 0 radical (unpaired) electrons. The van der Waals surface area contributed by atoms with Crippen molar-refractivity contribution in [1.29, 1.82) is 0 Å². The monoisotopic (exact) mass is 326 g/mol. The van der Waals surface area contributed by atoms with Gasteiger partial charge in [-0.15, -0.1) is 0 Å². The van der Waals surface area contributed by atoms with E-state index < -0.39 is 0 Å². The van der Waals surface area contributed by atoms with E-state index in [0.717, 1.165) is 12.8 Å². The molecule has 4 rings (SSSR count). The van der Waals surface area contributed by atoms with Gasteiger partial charge in [0.05, 0.1) is 30.6 Å². The van der Waals surface area contributed by atoms with Gasteiger partial charge in [-0.2, -0.15) is 10.2 Å². The Hall–Kier alpha value is -2.54. The minimum Gasteiger partial charge on any atom is -0.471 e. The average Bonchev–Trinajstić information content (AvgIpc) is 3.06. The summed E-state index contributed by atoms with van der Waals surface area (Å²) in [5.41, 5.74) is 0.555. The first-order valence-corrected chi connectivity index (χ1v) is 8.10. The maximum atomic E-state index is 12.8. The summed E-state index contributed by atoms with van der Waals surface area (Å²) in [6.07, 6.45) is 6.22. The van der Waals surface area contributed by atoms with Gasteiger partial charge in [0, 0.05) is 18.8 Å². The molecule has 1 amide bonds. The molecule has 0 N–H and O–H groups in total. The van der Waals surface area contributed by atoms with Crippen LogP contribution in [0.4, 0.5) is 0 Å². The van der Waals surface area contributed by atoms with Crippen molar-refractivity contribution >= 4 is 5.91 Å². The van der Waals surface area contributed by atoms with Gasteiger partial charge in [0.1, 0.15) is 12.2 Å². The number of hydrogen-bond acceptors (Lipinski definition) is 6. The Labute approximate surface area is 139 Å². The quantitative estimate of drug-likeness (QED) is 0.847. The van der Waals surface area contributed by atoms with Crippen LogP contribution in [0.5, 0.6) is 5.88 Å². The van der Waals surface area contributed by atoms with E-state index >= 15 is 0 Å². The summed E-state index contributed by atoms with van der Waals surface area (Å²) in [6, 6.07) is 7.29. The smallest absolute Gasteiger partial charge is 0.255 e. The van der Waals surface area contributed by atoms with Gasteiger partial charge in [-0.1, -0.05) is 6.07 Å². The summed E-state index contributed by atoms with van der Waals surface area (Å²) in [7, 11) is 0. The fourth-order valence-corrected chi connectivity index (χ4v) is 3.45. The Morgan fingerprint density at radius 1 is 1.21 bits per heavy atom. The SMILES string of the molecule is O=C(c1ccnnc1)N1CCO[C@@H]2[C@@H](Oc3ccccn3)CC[C@H]21. The third-order valence-corrected chi connectivity index (χ3v) is 4.54. The molecular weight excluding hydrogens is 308 g/mol. The zero-order valence-electron chi connectivity index (χ0n) is 13.1. The maximum absolute atomic E-state index is 12.8. The molecule has 2 aromatic rings. The van der Waals surface area contributed by atoms with Crippen LogP contribution in [0.2, 0.25) is 0 Å². The largest absolute Gasteiger partial charge is 0.471 e. The molecule has 1 saturated carbocycles. The number of pyridine rings is 1. The summed E-state index contributed by atoms with van der Waals surface area (Å²) in [4.78, 5) is 18.8. The highest BCUT2D eigenvalue weighted by Gasteiger charge is 2.46. The van der Waals surface area contributed by atoms with Gasteiger partial charge < -0.3 is 14.4 Å². The van der Waals surface area contributed by atoms with Gasteiger partial charge in [-0.3, -0.25) is 4.79 Å². The second-order valence-electron chi connectivity index (χ2n) is 5.93. The van der Waals surface area contributed by atoms with E-state index in [0.29, 0.717) is 24.6 Å². The molecule has 3 heterocycles. The van der Waals surface area contributed by atoms with Gasteiger partial charge in [-0.25, -0.2) is 4.98 Å². The van der Waals surface area contributed by atoms with E-state index in [-0.39, 0.29) is 24.2 Å². The number of aromatic nitrogens is 3. The van der Waals surface area contributed by atoms with Gasteiger partial charge in [0.2, 0.25) is 5.88 Å². The molecule has 1 aliphatic carbocycles. The molecule has 0 unspecified atom stereocenters. The van der Waals surface area contributed by atoms with E-state index in [1.54, 1.807) is 12.3 Å². The standard InChI is InChI=1S/C17H18N4O3/c22-17(12-6-8-19-20-11-12)21-9-10-23-16-13(21)4-5-14(16)24-15-3-1-2-7-18-15/h1-3,6-8,11,13-14,16H,4-5,9-10H2/t13-,14+,16+/m1/s1. The predicted molar refractivity (Wildman–Crippen MR) is 84.5 cm³/mol. The summed E-state index contributed by atoms with van der Waals surface area (Å²) in [6.45, 7) is 1.09. The van der Waals surface area contributed by atoms with E-state index in [9.17, 15) is 4.79 Å². The van der Waals surface area contributed by atoms with E-state index in [2.05, 4.69) is 15.2 Å². The van der Waals surface area contributed by atoms with Gasteiger partial charge >= 0.3 is 0 Å². The van der Waals surface area contributed by atoms with Crippen LogP contribution in [0.3, 0.4) is 0 Å². The Balaban J connectivity index is 1.49. The third-order valence-electron chi connectivity index (χ3n) is 4.54. The Morgan fingerprint density at radius 3 is 2.96 bits per heavy atom. The van der Waals surface area contributed by atoms with Crippen molar-refractivity contribution in [2.45, 2.75) is 31.1 Å². The molecule has 2 fully saturated rings. The number of carbonyl (C=O) groups is 1. The number of amides is 1. The molecule has 1 aliphatic heterocycles. The minimum absolute atomic E-state index is 0.0214. The van der Waals surface area contributed by atoms with Crippen LogP contribution < -0.4 is 4.74 Å². The molecule has 2 aromatic heterocycles. The van der Waals surface area contributed by atoms with Gasteiger partial charge in [0.15, 0.2) is 0 Å². The summed E-state index contributed by atoms with van der Waals surface area (Å²) < 4.78 is 11.9. The van der Waals surface area contributed by atoms with E-state index in [4.69, 9.17) is 9.47 Å². The third kappa shape index (κ3) is 2.82. The summed E-state index contributed by atoms with van der Waals surface area (Å²) in [5.74, 6) is 0.565. The van der Waals surface area contributed by atoms with Gasteiger partial charge in [0.25, 0.3) is 5.91 Å². The number of nitrogens with zero attached hydrogens (tertiary/aromatic N) is 4. The molecule has 2 aliphatic rings.